The second-order valence-electron chi connectivity index (χ2n) is 5.69. The van der Waals surface area contributed by atoms with Crippen molar-refractivity contribution in [3.8, 4) is 6.07 Å². The summed E-state index contributed by atoms with van der Waals surface area (Å²) >= 11 is 0. The normalized spacial score (nSPS) is 16.7. The molecule has 0 bridgehead atoms. The first kappa shape index (κ1) is 17.4. The van der Waals surface area contributed by atoms with Gasteiger partial charge < -0.3 is 4.74 Å². The van der Waals surface area contributed by atoms with Crippen molar-refractivity contribution in [3.63, 3.8) is 0 Å². The molecule has 124 valence electrons. The third kappa shape index (κ3) is 3.89. The molecule has 0 unspecified atom stereocenters. The van der Waals surface area contributed by atoms with Crippen LogP contribution < -0.4 is 0 Å². The summed E-state index contributed by atoms with van der Waals surface area (Å²) in [6, 6.07) is 6.85. The molecule has 1 heterocycles. The van der Waals surface area contributed by atoms with Crippen LogP contribution in [0.5, 0.6) is 0 Å². The van der Waals surface area contributed by atoms with Crippen molar-refractivity contribution in [3.05, 3.63) is 29.3 Å². The molecule has 0 amide bonds. The van der Waals surface area contributed by atoms with E-state index < -0.39 is 16.0 Å². The number of carbonyl (C=O) groups is 1. The van der Waals surface area contributed by atoms with E-state index >= 15 is 0 Å². The number of aryl methyl sites for hydroxylation is 2. The Bertz CT molecular complexity index is 729. The number of benzene rings is 1. The Labute approximate surface area is 136 Å². The SMILES string of the molecule is Cc1ccc(S(=O)(=O)N2CCC(C(=O)OCC#N)CC2)cc1C. The lowest BCUT2D eigenvalue weighted by Gasteiger charge is -2.30. The van der Waals surface area contributed by atoms with E-state index in [-0.39, 0.29) is 30.5 Å². The first-order valence-electron chi connectivity index (χ1n) is 7.47. The van der Waals surface area contributed by atoms with Crippen LogP contribution >= 0.6 is 0 Å². The number of piperidine rings is 1. The number of carbonyl (C=O) groups excluding carboxylic acids is 1. The molecule has 0 radical (unpaired) electrons. The third-order valence-corrected chi connectivity index (χ3v) is 6.08. The molecule has 1 aromatic rings. The van der Waals surface area contributed by atoms with E-state index in [0.29, 0.717) is 12.8 Å². The highest BCUT2D eigenvalue weighted by molar-refractivity contribution is 7.89. The van der Waals surface area contributed by atoms with Gasteiger partial charge >= 0.3 is 5.97 Å². The molecule has 7 heteroatoms. The third-order valence-electron chi connectivity index (χ3n) is 4.18. The number of esters is 1. The molecule has 2 rings (SSSR count). The minimum Gasteiger partial charge on any atom is -0.450 e. The Morgan fingerprint density at radius 1 is 1.30 bits per heavy atom. The van der Waals surface area contributed by atoms with Crippen molar-refractivity contribution in [1.29, 1.82) is 5.26 Å². The zero-order valence-corrected chi connectivity index (χ0v) is 14.1. The van der Waals surface area contributed by atoms with Gasteiger partial charge in [0.25, 0.3) is 0 Å². The number of nitrogens with zero attached hydrogens (tertiary/aromatic N) is 2. The predicted octanol–water partition coefficient (Wildman–Crippen LogP) is 1.77. The standard InChI is InChI=1S/C16H20N2O4S/c1-12-3-4-15(11-13(12)2)23(20,21)18-8-5-14(6-9-18)16(19)22-10-7-17/h3-4,11,14H,5-6,8-10H2,1-2H3. The summed E-state index contributed by atoms with van der Waals surface area (Å²) in [5, 5.41) is 8.42. The van der Waals surface area contributed by atoms with Crippen LogP contribution in [0.1, 0.15) is 24.0 Å². The van der Waals surface area contributed by atoms with Gasteiger partial charge in [-0.1, -0.05) is 6.07 Å². The Morgan fingerprint density at radius 2 is 1.96 bits per heavy atom. The lowest BCUT2D eigenvalue weighted by atomic mass is 9.98. The molecule has 0 atom stereocenters. The van der Waals surface area contributed by atoms with Gasteiger partial charge in [0.1, 0.15) is 6.07 Å². The first-order chi connectivity index (χ1) is 10.9. The Morgan fingerprint density at radius 3 is 2.52 bits per heavy atom. The second kappa shape index (κ2) is 7.11. The molecule has 1 aliphatic rings. The fourth-order valence-corrected chi connectivity index (χ4v) is 4.13. The van der Waals surface area contributed by atoms with Crippen LogP contribution in [-0.4, -0.2) is 38.4 Å². The summed E-state index contributed by atoms with van der Waals surface area (Å²) in [6.45, 7) is 4.11. The number of sulfonamides is 1. The zero-order chi connectivity index (χ0) is 17.0. The Balaban J connectivity index is 2.05. The minimum atomic E-state index is -3.54. The molecule has 0 aromatic heterocycles. The zero-order valence-electron chi connectivity index (χ0n) is 13.3. The highest BCUT2D eigenvalue weighted by Crippen LogP contribution is 2.25. The average molecular weight is 336 g/mol. The molecule has 0 saturated carbocycles. The molecule has 1 saturated heterocycles. The van der Waals surface area contributed by atoms with Gasteiger partial charge in [0.2, 0.25) is 10.0 Å². The van der Waals surface area contributed by atoms with Crippen LogP contribution in [0.25, 0.3) is 0 Å². The number of hydrogen-bond donors (Lipinski definition) is 0. The second-order valence-corrected chi connectivity index (χ2v) is 7.63. The van der Waals surface area contributed by atoms with Crippen molar-refractivity contribution >= 4 is 16.0 Å². The molecular formula is C16H20N2O4S. The van der Waals surface area contributed by atoms with E-state index in [1.165, 1.54) is 4.31 Å². The lowest BCUT2D eigenvalue weighted by molar-refractivity contribution is -0.148. The Hall–Kier alpha value is -1.91. The van der Waals surface area contributed by atoms with Crippen LogP contribution in [0.4, 0.5) is 0 Å². The van der Waals surface area contributed by atoms with E-state index in [9.17, 15) is 13.2 Å². The topological polar surface area (TPSA) is 87.5 Å². The van der Waals surface area contributed by atoms with Gasteiger partial charge in [-0.15, -0.1) is 0 Å². The van der Waals surface area contributed by atoms with Crippen LogP contribution in [0.3, 0.4) is 0 Å². The fraction of sp³-hybridized carbons (Fsp3) is 0.500. The van der Waals surface area contributed by atoms with Crippen LogP contribution in [0.15, 0.2) is 23.1 Å². The van der Waals surface area contributed by atoms with Crippen molar-refractivity contribution < 1.29 is 17.9 Å². The summed E-state index contributed by atoms with van der Waals surface area (Å²) in [6.07, 6.45) is 0.822. The molecule has 0 spiro atoms. The molecule has 1 fully saturated rings. The van der Waals surface area contributed by atoms with Gasteiger partial charge in [0, 0.05) is 13.1 Å². The largest absolute Gasteiger partial charge is 0.450 e. The summed E-state index contributed by atoms with van der Waals surface area (Å²) < 4.78 is 31.5. The van der Waals surface area contributed by atoms with E-state index in [2.05, 4.69) is 0 Å². The lowest BCUT2D eigenvalue weighted by Crippen LogP contribution is -2.40. The quantitative estimate of drug-likeness (QED) is 0.782. The maximum absolute atomic E-state index is 12.7. The fourth-order valence-electron chi connectivity index (χ4n) is 2.58. The number of ether oxygens (including phenoxy) is 1. The molecule has 1 aliphatic heterocycles. The van der Waals surface area contributed by atoms with Gasteiger partial charge in [-0.3, -0.25) is 4.79 Å². The van der Waals surface area contributed by atoms with E-state index in [1.54, 1.807) is 24.3 Å². The van der Waals surface area contributed by atoms with Gasteiger partial charge in [0.15, 0.2) is 6.61 Å². The molecule has 1 aromatic carbocycles. The summed E-state index contributed by atoms with van der Waals surface area (Å²) in [5.74, 6) is -0.760. The van der Waals surface area contributed by atoms with Crippen molar-refractivity contribution in [2.24, 2.45) is 5.92 Å². The molecule has 0 aliphatic carbocycles. The number of hydrogen-bond acceptors (Lipinski definition) is 5. The number of nitriles is 1. The maximum Gasteiger partial charge on any atom is 0.310 e. The monoisotopic (exact) mass is 336 g/mol. The van der Waals surface area contributed by atoms with Crippen molar-refractivity contribution in [2.75, 3.05) is 19.7 Å². The van der Waals surface area contributed by atoms with Crippen LogP contribution in [0.2, 0.25) is 0 Å². The summed E-state index contributed by atoms with van der Waals surface area (Å²) in [5.41, 5.74) is 1.98. The summed E-state index contributed by atoms with van der Waals surface area (Å²) in [7, 11) is -3.54. The van der Waals surface area contributed by atoms with E-state index in [4.69, 9.17) is 10.00 Å². The van der Waals surface area contributed by atoms with Crippen LogP contribution in [0, 0.1) is 31.1 Å². The van der Waals surface area contributed by atoms with Crippen LogP contribution in [-0.2, 0) is 19.6 Å². The predicted molar refractivity (Wildman–Crippen MR) is 84.0 cm³/mol. The van der Waals surface area contributed by atoms with Crippen molar-refractivity contribution in [1.82, 2.24) is 4.31 Å². The van der Waals surface area contributed by atoms with Crippen molar-refractivity contribution in [2.45, 2.75) is 31.6 Å². The van der Waals surface area contributed by atoms with Gasteiger partial charge in [-0.2, -0.15) is 9.57 Å². The van der Waals surface area contributed by atoms with E-state index in [0.717, 1.165) is 11.1 Å². The molecular weight excluding hydrogens is 316 g/mol. The molecule has 6 nitrogen and oxygen atoms in total. The average Bonchev–Trinajstić information content (AvgIpc) is 2.55. The Kier molecular flexibility index (Phi) is 5.39. The first-order valence-corrected chi connectivity index (χ1v) is 8.91. The van der Waals surface area contributed by atoms with Gasteiger partial charge in [-0.05, 0) is 49.9 Å². The maximum atomic E-state index is 12.7. The highest BCUT2D eigenvalue weighted by atomic mass is 32.2. The molecule has 0 N–H and O–H groups in total. The minimum absolute atomic E-state index is 0.264. The summed E-state index contributed by atoms with van der Waals surface area (Å²) in [4.78, 5) is 12.0. The van der Waals surface area contributed by atoms with Gasteiger partial charge in [-0.25, -0.2) is 8.42 Å². The number of rotatable bonds is 4. The van der Waals surface area contributed by atoms with E-state index in [1.807, 2.05) is 13.8 Å². The smallest absolute Gasteiger partial charge is 0.310 e. The van der Waals surface area contributed by atoms with Gasteiger partial charge in [0.05, 0.1) is 10.8 Å². The molecule has 23 heavy (non-hydrogen) atoms. The highest BCUT2D eigenvalue weighted by Gasteiger charge is 2.32.